The molecule has 0 aliphatic carbocycles. The molecule has 1 aromatic rings. The topological polar surface area (TPSA) is 183 Å². The van der Waals surface area contributed by atoms with Gasteiger partial charge in [-0.25, -0.2) is 14.4 Å². The standard InChI is InChI=1S/C13H20N3O9PS/c1-6(10(18)19)15-26(22,23)24-5-7-9(17)13(2,21)11(25-7)16-4-3-8(27)14-12(16)20/h3-4,6-7,9,11,17,21H,5H2,1-2H3,(H,18,19)(H,14,20,27)(H2,15,22,23). The summed E-state index contributed by atoms with van der Waals surface area (Å²) < 4.78 is 23.2. The van der Waals surface area contributed by atoms with Crippen LogP contribution in [0.3, 0.4) is 0 Å². The first-order chi connectivity index (χ1) is 12.3. The smallest absolute Gasteiger partial charge is 0.403 e. The Balaban J connectivity index is 2.14. The number of hydrogen-bond donors (Lipinski definition) is 6. The maximum Gasteiger partial charge on any atom is 0.403 e. The number of H-pyrrole nitrogens is 1. The fourth-order valence-corrected chi connectivity index (χ4v) is 3.67. The third kappa shape index (κ3) is 4.89. The van der Waals surface area contributed by atoms with Crippen LogP contribution in [-0.2, 0) is 18.6 Å². The molecule has 0 saturated carbocycles. The largest absolute Gasteiger partial charge is 0.480 e. The highest BCUT2D eigenvalue weighted by Gasteiger charge is 2.53. The van der Waals surface area contributed by atoms with Gasteiger partial charge >= 0.3 is 19.4 Å². The Labute approximate surface area is 158 Å². The number of carboxylic acid groups (broad SMARTS) is 1. The van der Waals surface area contributed by atoms with E-state index in [2.05, 4.69) is 4.98 Å². The predicted octanol–water partition coefficient (Wildman–Crippen LogP) is -0.905. The van der Waals surface area contributed by atoms with Crippen molar-refractivity contribution in [3.05, 3.63) is 27.4 Å². The fraction of sp³-hybridized carbons (Fsp3) is 0.615. The maximum absolute atomic E-state index is 12.0. The summed E-state index contributed by atoms with van der Waals surface area (Å²) in [4.78, 5) is 34.8. The normalized spacial score (nSPS) is 31.4. The molecule has 1 saturated heterocycles. The van der Waals surface area contributed by atoms with Gasteiger partial charge in [-0.1, -0.05) is 12.2 Å². The molecule has 152 valence electrons. The van der Waals surface area contributed by atoms with Crippen molar-refractivity contribution in [1.29, 1.82) is 0 Å². The Kier molecular flexibility index (Phi) is 6.39. The summed E-state index contributed by atoms with van der Waals surface area (Å²) in [6.07, 6.45) is -2.91. The number of nitrogens with zero attached hydrogens (tertiary/aromatic N) is 1. The number of hydrogen-bond acceptors (Lipinski definition) is 8. The molecule has 2 heterocycles. The summed E-state index contributed by atoms with van der Waals surface area (Å²) >= 11 is 4.82. The van der Waals surface area contributed by atoms with Crippen LogP contribution in [0.4, 0.5) is 0 Å². The fourth-order valence-electron chi connectivity index (χ4n) is 2.50. The van der Waals surface area contributed by atoms with Crippen molar-refractivity contribution in [2.24, 2.45) is 0 Å². The lowest BCUT2D eigenvalue weighted by molar-refractivity contribution is -0.138. The van der Waals surface area contributed by atoms with E-state index in [-0.39, 0.29) is 4.64 Å². The zero-order valence-corrected chi connectivity index (χ0v) is 16.0. The van der Waals surface area contributed by atoms with Crippen LogP contribution < -0.4 is 10.8 Å². The van der Waals surface area contributed by atoms with Crippen LogP contribution in [0, 0.1) is 4.64 Å². The van der Waals surface area contributed by atoms with Crippen molar-refractivity contribution in [3.63, 3.8) is 0 Å². The van der Waals surface area contributed by atoms with Crippen LogP contribution in [0.25, 0.3) is 0 Å². The van der Waals surface area contributed by atoms with E-state index in [1.807, 2.05) is 5.09 Å². The molecule has 12 nitrogen and oxygen atoms in total. The van der Waals surface area contributed by atoms with Crippen molar-refractivity contribution >= 4 is 25.9 Å². The summed E-state index contributed by atoms with van der Waals surface area (Å²) in [5, 5.41) is 31.4. The lowest BCUT2D eigenvalue weighted by Crippen LogP contribution is -2.46. The molecule has 6 atom stereocenters. The molecular weight excluding hydrogens is 405 g/mol. The van der Waals surface area contributed by atoms with Gasteiger partial charge in [0, 0.05) is 6.20 Å². The number of rotatable bonds is 7. The zero-order valence-electron chi connectivity index (χ0n) is 14.3. The van der Waals surface area contributed by atoms with Gasteiger partial charge in [-0.15, -0.1) is 0 Å². The van der Waals surface area contributed by atoms with E-state index < -0.39 is 56.1 Å². The second kappa shape index (κ2) is 7.89. The van der Waals surface area contributed by atoms with Gasteiger partial charge in [0.1, 0.15) is 28.5 Å². The molecule has 0 aromatic carbocycles. The van der Waals surface area contributed by atoms with Gasteiger partial charge in [0.05, 0.1) is 6.61 Å². The minimum Gasteiger partial charge on any atom is -0.480 e. The first-order valence-corrected chi connectivity index (χ1v) is 9.69. The average Bonchev–Trinajstić information content (AvgIpc) is 2.76. The number of nitrogens with one attached hydrogen (secondary N) is 2. The van der Waals surface area contributed by atoms with E-state index in [1.54, 1.807) is 0 Å². The highest BCUT2D eigenvalue weighted by molar-refractivity contribution is 7.71. The van der Waals surface area contributed by atoms with E-state index in [1.165, 1.54) is 19.2 Å². The lowest BCUT2D eigenvalue weighted by Gasteiger charge is -2.27. The Morgan fingerprint density at radius 3 is 2.81 bits per heavy atom. The van der Waals surface area contributed by atoms with E-state index in [9.17, 15) is 29.3 Å². The van der Waals surface area contributed by atoms with E-state index in [0.29, 0.717) is 0 Å². The van der Waals surface area contributed by atoms with Crippen molar-refractivity contribution < 1.29 is 38.8 Å². The summed E-state index contributed by atoms with van der Waals surface area (Å²) in [6, 6.07) is 0.0167. The minimum absolute atomic E-state index is 0.161. The van der Waals surface area contributed by atoms with E-state index >= 15 is 0 Å². The lowest BCUT2D eigenvalue weighted by atomic mass is 9.96. The van der Waals surface area contributed by atoms with Crippen LogP contribution in [0.2, 0.25) is 0 Å². The maximum atomic E-state index is 12.0. The number of aliphatic hydroxyl groups is 2. The summed E-state index contributed by atoms with van der Waals surface area (Å²) in [6.45, 7) is 1.71. The average molecular weight is 425 g/mol. The second-order valence-corrected chi connectivity index (χ2v) is 8.22. The Hall–Kier alpha value is -1.44. The molecule has 1 aliphatic heterocycles. The first kappa shape index (κ1) is 21.9. The number of carbonyl (C=O) groups is 1. The Bertz CT molecular complexity index is 869. The highest BCUT2D eigenvalue weighted by Crippen LogP contribution is 2.42. The molecule has 0 amide bonds. The molecule has 6 N–H and O–H groups in total. The molecule has 1 aliphatic rings. The SMILES string of the molecule is CC(NP(=O)(O)OCC1OC(n2ccc(=S)[nH]c2=O)C(C)(O)C1O)C(=O)O. The molecule has 14 heteroatoms. The van der Waals surface area contributed by atoms with Gasteiger partial charge in [0.2, 0.25) is 0 Å². The molecule has 2 rings (SSSR count). The summed E-state index contributed by atoms with van der Waals surface area (Å²) in [7, 11) is -4.52. The molecule has 1 fully saturated rings. The number of aromatic amines is 1. The summed E-state index contributed by atoms with van der Waals surface area (Å²) in [5.74, 6) is -1.37. The third-order valence-corrected chi connectivity index (χ3v) is 5.45. The van der Waals surface area contributed by atoms with Crippen LogP contribution in [0.5, 0.6) is 0 Å². The molecule has 0 bridgehead atoms. The van der Waals surface area contributed by atoms with E-state index in [4.69, 9.17) is 26.6 Å². The molecule has 0 spiro atoms. The van der Waals surface area contributed by atoms with Crippen LogP contribution in [-0.4, -0.2) is 66.2 Å². The number of aliphatic carboxylic acids is 1. The van der Waals surface area contributed by atoms with Gasteiger partial charge in [-0.3, -0.25) is 18.9 Å². The van der Waals surface area contributed by atoms with Crippen molar-refractivity contribution in [1.82, 2.24) is 14.6 Å². The molecule has 0 radical (unpaired) electrons. The van der Waals surface area contributed by atoms with Crippen molar-refractivity contribution in [2.75, 3.05) is 6.61 Å². The van der Waals surface area contributed by atoms with Crippen LogP contribution >= 0.6 is 20.0 Å². The van der Waals surface area contributed by atoms with Crippen molar-refractivity contribution in [2.45, 2.75) is 43.9 Å². The molecule has 1 aromatic heterocycles. The Morgan fingerprint density at radius 1 is 1.63 bits per heavy atom. The molecule has 27 heavy (non-hydrogen) atoms. The quantitative estimate of drug-likeness (QED) is 0.235. The van der Waals surface area contributed by atoms with Gasteiger partial charge in [-0.05, 0) is 19.9 Å². The van der Waals surface area contributed by atoms with E-state index in [0.717, 1.165) is 11.5 Å². The van der Waals surface area contributed by atoms with Gasteiger partial charge in [-0.2, -0.15) is 0 Å². The second-order valence-electron chi connectivity index (χ2n) is 6.22. The zero-order chi connectivity index (χ0) is 20.6. The summed E-state index contributed by atoms with van der Waals surface area (Å²) in [5.41, 5.74) is -2.62. The van der Waals surface area contributed by atoms with Crippen LogP contribution in [0.1, 0.15) is 20.1 Å². The minimum atomic E-state index is -4.52. The first-order valence-electron chi connectivity index (χ1n) is 7.70. The van der Waals surface area contributed by atoms with Gasteiger partial charge < -0.3 is 24.9 Å². The number of aliphatic hydroxyl groups excluding tert-OH is 1. The van der Waals surface area contributed by atoms with Gasteiger partial charge in [0.25, 0.3) is 0 Å². The monoisotopic (exact) mass is 425 g/mol. The number of aromatic nitrogens is 2. The van der Waals surface area contributed by atoms with Crippen molar-refractivity contribution in [3.8, 4) is 0 Å². The van der Waals surface area contributed by atoms with Crippen LogP contribution in [0.15, 0.2) is 17.1 Å². The Morgan fingerprint density at radius 2 is 2.26 bits per heavy atom. The molecule has 6 unspecified atom stereocenters. The molecular formula is C13H20N3O9PS. The number of carboxylic acids is 1. The number of ether oxygens (including phenoxy) is 1. The van der Waals surface area contributed by atoms with Gasteiger partial charge in [0.15, 0.2) is 6.23 Å². The predicted molar refractivity (Wildman–Crippen MR) is 92.4 cm³/mol. The third-order valence-electron chi connectivity index (χ3n) is 4.00. The highest BCUT2D eigenvalue weighted by atomic mass is 32.1.